The maximum atomic E-state index is 8.74. The van der Waals surface area contributed by atoms with E-state index in [2.05, 4.69) is 15.1 Å². The van der Waals surface area contributed by atoms with E-state index >= 15 is 0 Å². The molecule has 0 aliphatic carbocycles. The topological polar surface area (TPSA) is 112 Å². The number of hydrogen-bond acceptors (Lipinski definition) is 7. The lowest BCUT2D eigenvalue weighted by Gasteiger charge is -2.10. The molecule has 8 heteroatoms. The first-order chi connectivity index (χ1) is 10.2. The summed E-state index contributed by atoms with van der Waals surface area (Å²) in [6, 6.07) is 4.99. The number of benzene rings is 1. The van der Waals surface area contributed by atoms with E-state index in [1.165, 1.54) is 26.6 Å². The first-order valence-corrected chi connectivity index (χ1v) is 5.87. The second-order valence-electron chi connectivity index (χ2n) is 3.85. The summed E-state index contributed by atoms with van der Waals surface area (Å²) >= 11 is 0. The van der Waals surface area contributed by atoms with Crippen molar-refractivity contribution in [2.75, 3.05) is 14.2 Å². The minimum Gasteiger partial charge on any atom is -0.496 e. The molecule has 8 nitrogen and oxygen atoms in total. The van der Waals surface area contributed by atoms with Crippen LogP contribution in [0.3, 0.4) is 0 Å². The van der Waals surface area contributed by atoms with Crippen LogP contribution in [0.15, 0.2) is 35.7 Å². The average Bonchev–Trinajstić information content (AvgIpc) is 2.54. The van der Waals surface area contributed by atoms with Gasteiger partial charge in [0.2, 0.25) is 5.88 Å². The van der Waals surface area contributed by atoms with Crippen molar-refractivity contribution < 1.29 is 19.4 Å². The van der Waals surface area contributed by atoms with Crippen LogP contribution < -0.4 is 19.9 Å². The Balaban J connectivity index is 2.38. The number of ether oxygens (including phenoxy) is 3. The van der Waals surface area contributed by atoms with Crippen molar-refractivity contribution in [2.45, 2.75) is 0 Å². The van der Waals surface area contributed by atoms with Crippen LogP contribution in [0.5, 0.6) is 23.1 Å². The van der Waals surface area contributed by atoms with Gasteiger partial charge in [-0.15, -0.1) is 0 Å². The Morgan fingerprint density at radius 2 is 1.62 bits per heavy atom. The van der Waals surface area contributed by atoms with E-state index in [9.17, 15) is 0 Å². The number of oxime groups is 1. The molecule has 0 atom stereocenters. The van der Waals surface area contributed by atoms with Gasteiger partial charge in [-0.25, -0.2) is 9.97 Å². The molecule has 0 aliphatic heterocycles. The second-order valence-corrected chi connectivity index (χ2v) is 3.85. The van der Waals surface area contributed by atoms with Crippen LogP contribution >= 0.6 is 0 Å². The number of nitrogens with two attached hydrogens (primary N) is 1. The van der Waals surface area contributed by atoms with Crippen LogP contribution in [0, 0.1) is 0 Å². The lowest BCUT2D eigenvalue weighted by atomic mass is 10.3. The van der Waals surface area contributed by atoms with Gasteiger partial charge >= 0.3 is 0 Å². The number of aromatic nitrogens is 2. The minimum atomic E-state index is -0.201. The molecule has 1 aromatic heterocycles. The van der Waals surface area contributed by atoms with Gasteiger partial charge in [-0.1, -0.05) is 5.16 Å². The zero-order valence-electron chi connectivity index (χ0n) is 11.5. The molecule has 1 aromatic carbocycles. The number of rotatable bonds is 5. The highest BCUT2D eigenvalue weighted by Gasteiger charge is 2.13. The molecule has 110 valence electrons. The van der Waals surface area contributed by atoms with E-state index in [4.69, 9.17) is 25.2 Å². The molecule has 2 aromatic rings. The molecule has 0 radical (unpaired) electrons. The largest absolute Gasteiger partial charge is 0.496 e. The predicted molar refractivity (Wildman–Crippen MR) is 74.2 cm³/mol. The Hall–Kier alpha value is -3.03. The molecular formula is C13H14N4O4. The summed E-state index contributed by atoms with van der Waals surface area (Å²) in [5.41, 5.74) is 5.66. The maximum Gasteiger partial charge on any atom is 0.249 e. The summed E-state index contributed by atoms with van der Waals surface area (Å²) < 4.78 is 15.9. The lowest BCUT2D eigenvalue weighted by molar-refractivity contribution is 0.318. The van der Waals surface area contributed by atoms with Gasteiger partial charge in [0.25, 0.3) is 0 Å². The van der Waals surface area contributed by atoms with Crippen molar-refractivity contribution in [3.8, 4) is 23.1 Å². The van der Waals surface area contributed by atoms with Gasteiger partial charge in [0.05, 0.1) is 14.2 Å². The Kier molecular flexibility index (Phi) is 4.39. The van der Waals surface area contributed by atoms with Gasteiger partial charge in [0.1, 0.15) is 17.2 Å². The first kappa shape index (κ1) is 14.4. The van der Waals surface area contributed by atoms with Crippen molar-refractivity contribution in [3.63, 3.8) is 0 Å². The highest BCUT2D eigenvalue weighted by Crippen LogP contribution is 2.30. The molecule has 1 heterocycles. The van der Waals surface area contributed by atoms with E-state index in [1.54, 1.807) is 18.2 Å². The third-order valence-electron chi connectivity index (χ3n) is 2.55. The number of methoxy groups -OCH3 is 2. The fraction of sp³-hybridized carbons (Fsp3) is 0.154. The van der Waals surface area contributed by atoms with Crippen LogP contribution in [0.1, 0.15) is 5.69 Å². The first-order valence-electron chi connectivity index (χ1n) is 5.87. The number of hydrogen-bond donors (Lipinski definition) is 2. The monoisotopic (exact) mass is 290 g/mol. The standard InChI is InChI=1S/C13H14N4O4/c1-19-8-5-9(20-2)7-10(6-8)21-13-11(12(14)17-18)15-3-4-16-13/h3-7,18H,1-2H3,(H2,14,17). The molecule has 0 amide bonds. The summed E-state index contributed by atoms with van der Waals surface area (Å²) in [6.45, 7) is 0. The fourth-order valence-corrected chi connectivity index (χ4v) is 1.57. The SMILES string of the molecule is COc1cc(OC)cc(Oc2nccnc2C(N)=NO)c1. The Morgan fingerprint density at radius 1 is 1.05 bits per heavy atom. The van der Waals surface area contributed by atoms with Gasteiger partial charge in [0.15, 0.2) is 11.5 Å². The molecule has 0 saturated carbocycles. The maximum absolute atomic E-state index is 8.74. The van der Waals surface area contributed by atoms with E-state index in [-0.39, 0.29) is 17.4 Å². The normalized spacial score (nSPS) is 11.0. The fourth-order valence-electron chi connectivity index (χ4n) is 1.57. The number of nitrogens with zero attached hydrogens (tertiary/aromatic N) is 3. The smallest absolute Gasteiger partial charge is 0.249 e. The van der Waals surface area contributed by atoms with Crippen molar-refractivity contribution in [3.05, 3.63) is 36.3 Å². The minimum absolute atomic E-state index is 0.100. The van der Waals surface area contributed by atoms with Crippen LogP contribution in [0.2, 0.25) is 0 Å². The quantitative estimate of drug-likeness (QED) is 0.370. The van der Waals surface area contributed by atoms with Crippen LogP contribution in [0.4, 0.5) is 0 Å². The molecule has 0 bridgehead atoms. The molecule has 0 spiro atoms. The van der Waals surface area contributed by atoms with Crippen molar-refractivity contribution in [1.82, 2.24) is 9.97 Å². The van der Waals surface area contributed by atoms with E-state index in [0.29, 0.717) is 17.2 Å². The van der Waals surface area contributed by atoms with Crippen molar-refractivity contribution in [1.29, 1.82) is 0 Å². The third-order valence-corrected chi connectivity index (χ3v) is 2.55. The molecule has 3 N–H and O–H groups in total. The molecule has 0 unspecified atom stereocenters. The van der Waals surface area contributed by atoms with E-state index in [1.807, 2.05) is 0 Å². The zero-order valence-corrected chi connectivity index (χ0v) is 11.5. The summed E-state index contributed by atoms with van der Waals surface area (Å²) in [5.74, 6) is 1.42. The van der Waals surface area contributed by atoms with Crippen LogP contribution in [-0.4, -0.2) is 35.2 Å². The summed E-state index contributed by atoms with van der Waals surface area (Å²) in [6.07, 6.45) is 2.84. The van der Waals surface area contributed by atoms with Crippen molar-refractivity contribution in [2.24, 2.45) is 10.9 Å². The zero-order chi connectivity index (χ0) is 15.2. The Bertz CT molecular complexity index is 638. The molecule has 0 fully saturated rings. The van der Waals surface area contributed by atoms with Gasteiger partial charge in [-0.3, -0.25) is 0 Å². The molecule has 2 rings (SSSR count). The Labute approximate surface area is 120 Å². The van der Waals surface area contributed by atoms with Gasteiger partial charge < -0.3 is 25.2 Å². The van der Waals surface area contributed by atoms with E-state index in [0.717, 1.165) is 0 Å². The molecule has 0 aliphatic rings. The lowest BCUT2D eigenvalue weighted by Crippen LogP contribution is -2.16. The van der Waals surface area contributed by atoms with Gasteiger partial charge in [-0.05, 0) is 0 Å². The third kappa shape index (κ3) is 3.30. The van der Waals surface area contributed by atoms with Gasteiger partial charge in [-0.2, -0.15) is 0 Å². The Morgan fingerprint density at radius 3 is 2.19 bits per heavy atom. The molecule has 0 saturated heterocycles. The highest BCUT2D eigenvalue weighted by molar-refractivity contribution is 5.97. The van der Waals surface area contributed by atoms with Crippen LogP contribution in [0.25, 0.3) is 0 Å². The van der Waals surface area contributed by atoms with E-state index < -0.39 is 0 Å². The summed E-state index contributed by atoms with van der Waals surface area (Å²) in [5, 5.41) is 11.6. The summed E-state index contributed by atoms with van der Waals surface area (Å²) in [4.78, 5) is 7.98. The van der Waals surface area contributed by atoms with Gasteiger partial charge in [0, 0.05) is 30.6 Å². The van der Waals surface area contributed by atoms with Crippen molar-refractivity contribution >= 4 is 5.84 Å². The average molecular weight is 290 g/mol. The predicted octanol–water partition coefficient (Wildman–Crippen LogP) is 1.38. The number of amidine groups is 1. The summed E-state index contributed by atoms with van der Waals surface area (Å²) in [7, 11) is 3.06. The highest BCUT2D eigenvalue weighted by atomic mass is 16.5. The molecular weight excluding hydrogens is 276 g/mol. The molecule has 21 heavy (non-hydrogen) atoms. The van der Waals surface area contributed by atoms with Crippen LogP contribution in [-0.2, 0) is 0 Å². The second kappa shape index (κ2) is 6.42.